The SMILES string of the molecule is Cc1cc(C)c(NC(=O)OC2CCCCC2[NH+]2CCOCC2)c(C)c1.[Cl-]. The van der Waals surface area contributed by atoms with Gasteiger partial charge in [0.05, 0.1) is 13.2 Å². The Kier molecular flexibility index (Phi) is 7.74. The molecule has 1 heterocycles. The van der Waals surface area contributed by atoms with Crippen molar-refractivity contribution >= 4 is 11.8 Å². The van der Waals surface area contributed by atoms with Crippen molar-refractivity contribution in [3.8, 4) is 0 Å². The summed E-state index contributed by atoms with van der Waals surface area (Å²) in [5, 5.41) is 2.98. The molecule has 1 saturated carbocycles. The molecule has 2 atom stereocenters. The molecule has 5 nitrogen and oxygen atoms in total. The normalized spacial score (nSPS) is 23.8. The first-order valence-corrected chi connectivity index (χ1v) is 9.52. The summed E-state index contributed by atoms with van der Waals surface area (Å²) in [6, 6.07) is 4.58. The molecule has 1 aromatic rings. The highest BCUT2D eigenvalue weighted by Gasteiger charge is 2.36. The van der Waals surface area contributed by atoms with Crippen LogP contribution in [0.5, 0.6) is 0 Å². The van der Waals surface area contributed by atoms with Crippen LogP contribution in [0.3, 0.4) is 0 Å². The van der Waals surface area contributed by atoms with Crippen molar-refractivity contribution in [1.29, 1.82) is 0 Å². The van der Waals surface area contributed by atoms with Gasteiger partial charge in [-0.05, 0) is 51.2 Å². The molecule has 146 valence electrons. The van der Waals surface area contributed by atoms with Gasteiger partial charge in [-0.1, -0.05) is 17.7 Å². The maximum Gasteiger partial charge on any atom is 0.412 e. The van der Waals surface area contributed by atoms with Crippen molar-refractivity contribution in [1.82, 2.24) is 0 Å². The zero-order valence-electron chi connectivity index (χ0n) is 16.1. The Bertz CT molecular complexity index is 594. The molecular weight excluding hydrogens is 352 g/mol. The van der Waals surface area contributed by atoms with Crippen LogP contribution in [-0.2, 0) is 9.47 Å². The number of carbonyl (C=O) groups excluding carboxylic acids is 1. The molecule has 1 amide bonds. The van der Waals surface area contributed by atoms with E-state index in [4.69, 9.17) is 9.47 Å². The molecule has 2 N–H and O–H groups in total. The maximum absolute atomic E-state index is 12.5. The Morgan fingerprint density at radius 1 is 1.12 bits per heavy atom. The highest BCUT2D eigenvalue weighted by Crippen LogP contribution is 2.24. The lowest BCUT2D eigenvalue weighted by Crippen LogP contribution is -3.19. The van der Waals surface area contributed by atoms with Crippen molar-refractivity contribution in [3.05, 3.63) is 28.8 Å². The molecule has 1 aliphatic heterocycles. The van der Waals surface area contributed by atoms with Gasteiger partial charge >= 0.3 is 6.09 Å². The molecule has 0 spiro atoms. The molecular formula is C20H31ClN2O3. The van der Waals surface area contributed by atoms with E-state index >= 15 is 0 Å². The number of halogens is 1. The standard InChI is InChI=1S/C20H30N2O3.ClH/c1-14-12-15(2)19(16(3)13-14)21-20(23)25-18-7-5-4-6-17(18)22-8-10-24-11-9-22;/h12-13,17-18H,4-11H2,1-3H3,(H,21,23);1H. The molecule has 6 heteroatoms. The number of hydrogen-bond donors (Lipinski definition) is 2. The van der Waals surface area contributed by atoms with Crippen LogP contribution in [0.15, 0.2) is 12.1 Å². The fourth-order valence-electron chi connectivity index (χ4n) is 4.36. The first-order chi connectivity index (χ1) is 12.0. The van der Waals surface area contributed by atoms with Gasteiger partial charge in [0.2, 0.25) is 0 Å². The highest BCUT2D eigenvalue weighted by atomic mass is 35.5. The molecule has 3 rings (SSSR count). The van der Waals surface area contributed by atoms with Crippen molar-refractivity contribution < 1.29 is 31.6 Å². The smallest absolute Gasteiger partial charge is 0.412 e. The number of amides is 1. The van der Waals surface area contributed by atoms with Crippen LogP contribution in [0.2, 0.25) is 0 Å². The zero-order valence-corrected chi connectivity index (χ0v) is 16.8. The van der Waals surface area contributed by atoms with E-state index in [0.717, 1.165) is 62.4 Å². The Labute approximate surface area is 162 Å². The molecule has 2 unspecified atom stereocenters. The zero-order chi connectivity index (χ0) is 17.8. The number of ether oxygens (including phenoxy) is 2. The Morgan fingerprint density at radius 3 is 2.38 bits per heavy atom. The second-order valence-corrected chi connectivity index (χ2v) is 7.50. The van der Waals surface area contributed by atoms with Crippen LogP contribution < -0.4 is 22.6 Å². The summed E-state index contributed by atoms with van der Waals surface area (Å²) < 4.78 is 11.4. The van der Waals surface area contributed by atoms with Gasteiger partial charge in [-0.25, -0.2) is 4.79 Å². The van der Waals surface area contributed by atoms with Gasteiger partial charge in [-0.3, -0.25) is 5.32 Å². The van der Waals surface area contributed by atoms with Crippen LogP contribution in [0.1, 0.15) is 42.4 Å². The van der Waals surface area contributed by atoms with Crippen molar-refractivity contribution in [2.45, 2.75) is 58.6 Å². The van der Waals surface area contributed by atoms with Crippen molar-refractivity contribution in [2.75, 3.05) is 31.6 Å². The maximum atomic E-state index is 12.5. The summed E-state index contributed by atoms with van der Waals surface area (Å²) >= 11 is 0. The van der Waals surface area contributed by atoms with E-state index < -0.39 is 0 Å². The quantitative estimate of drug-likeness (QED) is 0.733. The lowest BCUT2D eigenvalue weighted by molar-refractivity contribution is -0.937. The number of carbonyl (C=O) groups is 1. The second-order valence-electron chi connectivity index (χ2n) is 7.50. The number of anilines is 1. The van der Waals surface area contributed by atoms with Gasteiger partial charge in [-0.15, -0.1) is 0 Å². The number of hydrogen-bond acceptors (Lipinski definition) is 3. The predicted octanol–water partition coefficient (Wildman–Crippen LogP) is -0.609. The van der Waals surface area contributed by atoms with Gasteiger partial charge in [-0.2, -0.15) is 0 Å². The Hall–Kier alpha value is -1.30. The van der Waals surface area contributed by atoms with Crippen molar-refractivity contribution in [3.63, 3.8) is 0 Å². The predicted molar refractivity (Wildman–Crippen MR) is 98.3 cm³/mol. The summed E-state index contributed by atoms with van der Waals surface area (Å²) in [6.07, 6.45) is 4.16. The first-order valence-electron chi connectivity index (χ1n) is 9.52. The summed E-state index contributed by atoms with van der Waals surface area (Å²) in [5.74, 6) is 0. The molecule has 1 aliphatic carbocycles. The van der Waals surface area contributed by atoms with Crippen LogP contribution >= 0.6 is 0 Å². The Morgan fingerprint density at radius 2 is 1.73 bits per heavy atom. The molecule has 0 aromatic heterocycles. The second kappa shape index (κ2) is 9.58. The van der Waals surface area contributed by atoms with Crippen LogP contribution in [0.4, 0.5) is 10.5 Å². The van der Waals surface area contributed by atoms with Gasteiger partial charge in [0.1, 0.15) is 19.1 Å². The van der Waals surface area contributed by atoms with E-state index in [1.165, 1.54) is 16.9 Å². The number of morpholine rings is 1. The molecule has 1 aromatic carbocycles. The Balaban J connectivity index is 0.00000243. The number of quaternary nitrogens is 1. The number of rotatable bonds is 3. The molecule has 0 radical (unpaired) electrons. The van der Waals surface area contributed by atoms with Crippen LogP contribution in [0.25, 0.3) is 0 Å². The third-order valence-electron chi connectivity index (χ3n) is 5.52. The van der Waals surface area contributed by atoms with Crippen LogP contribution in [0, 0.1) is 20.8 Å². The number of benzene rings is 1. The molecule has 2 aliphatic rings. The van der Waals surface area contributed by atoms with E-state index in [0.29, 0.717) is 6.04 Å². The van der Waals surface area contributed by atoms with E-state index in [-0.39, 0.29) is 24.6 Å². The molecule has 26 heavy (non-hydrogen) atoms. The summed E-state index contributed by atoms with van der Waals surface area (Å²) in [4.78, 5) is 14.1. The molecule has 2 fully saturated rings. The number of aryl methyl sites for hydroxylation is 3. The van der Waals surface area contributed by atoms with E-state index in [9.17, 15) is 4.79 Å². The topological polar surface area (TPSA) is 52.0 Å². The van der Waals surface area contributed by atoms with Gasteiger partial charge < -0.3 is 26.8 Å². The van der Waals surface area contributed by atoms with Crippen molar-refractivity contribution in [2.24, 2.45) is 0 Å². The van der Waals surface area contributed by atoms with E-state index in [2.05, 4.69) is 24.4 Å². The summed E-state index contributed by atoms with van der Waals surface area (Å²) in [6.45, 7) is 9.78. The fourth-order valence-corrected chi connectivity index (χ4v) is 4.36. The largest absolute Gasteiger partial charge is 1.00 e. The lowest BCUT2D eigenvalue weighted by atomic mass is 9.91. The lowest BCUT2D eigenvalue weighted by Gasteiger charge is -2.38. The van der Waals surface area contributed by atoms with Gasteiger partial charge in [0.25, 0.3) is 0 Å². The van der Waals surface area contributed by atoms with Gasteiger partial charge in [0.15, 0.2) is 6.10 Å². The average Bonchev–Trinajstić information content (AvgIpc) is 2.59. The average molecular weight is 383 g/mol. The minimum absolute atomic E-state index is 0. The van der Waals surface area contributed by atoms with Gasteiger partial charge in [0, 0.05) is 12.1 Å². The summed E-state index contributed by atoms with van der Waals surface area (Å²) in [5.41, 5.74) is 4.24. The van der Waals surface area contributed by atoms with Crippen LogP contribution in [-0.4, -0.2) is 44.5 Å². The fraction of sp³-hybridized carbons (Fsp3) is 0.650. The van der Waals surface area contributed by atoms with E-state index in [1.807, 2.05) is 13.8 Å². The molecule has 1 saturated heterocycles. The highest BCUT2D eigenvalue weighted by molar-refractivity contribution is 5.87. The third-order valence-corrected chi connectivity index (χ3v) is 5.52. The minimum Gasteiger partial charge on any atom is -1.00 e. The number of nitrogens with one attached hydrogen (secondary N) is 2. The molecule has 0 bridgehead atoms. The monoisotopic (exact) mass is 382 g/mol. The minimum atomic E-state index is -0.320. The summed E-state index contributed by atoms with van der Waals surface area (Å²) in [7, 11) is 0. The third kappa shape index (κ3) is 5.12. The first kappa shape index (κ1) is 21.0. The van der Waals surface area contributed by atoms with E-state index in [1.54, 1.807) is 0 Å².